The summed E-state index contributed by atoms with van der Waals surface area (Å²) in [5, 5.41) is 31.0. The Kier molecular flexibility index (Phi) is 13.3. The van der Waals surface area contributed by atoms with Gasteiger partial charge < -0.3 is 44.5 Å². The number of nitrogens with zero attached hydrogens (tertiary/aromatic N) is 2. The maximum absolute atomic E-state index is 13.2. The smallest absolute Gasteiger partial charge is 0.408 e. The fourth-order valence-electron chi connectivity index (χ4n) is 7.45. The first-order chi connectivity index (χ1) is 27.4. The topological polar surface area (TPSA) is 183 Å². The van der Waals surface area contributed by atoms with Gasteiger partial charge in [0.25, 0.3) is 0 Å². The molecule has 5 heterocycles. The number of aromatic hydroxyl groups is 1. The quantitative estimate of drug-likeness (QED) is 0.0496. The van der Waals surface area contributed by atoms with Crippen molar-refractivity contribution in [2.45, 2.75) is 57.1 Å². The van der Waals surface area contributed by atoms with Crippen molar-refractivity contribution in [2.24, 2.45) is 5.92 Å². The molecule has 14 heteroatoms. The number of aliphatic hydroxyl groups excluding tert-OH is 1. The van der Waals surface area contributed by atoms with Gasteiger partial charge in [-0.3, -0.25) is 15.0 Å². The van der Waals surface area contributed by atoms with E-state index in [9.17, 15) is 19.8 Å². The molecular weight excluding hydrogens is 716 g/mol. The number of pyridine rings is 1. The molecule has 6 N–H and O–H groups in total. The van der Waals surface area contributed by atoms with E-state index in [0.717, 1.165) is 69.5 Å². The maximum atomic E-state index is 13.2. The number of benzene rings is 3. The van der Waals surface area contributed by atoms with Gasteiger partial charge in [-0.15, -0.1) is 0 Å². The third-order valence-electron chi connectivity index (χ3n) is 10.4. The lowest BCUT2D eigenvalue weighted by Crippen LogP contribution is -2.52. The number of carbonyl (C=O) groups excluding carboxylic acids is 1. The molecule has 3 saturated heterocycles. The molecule has 3 aliphatic heterocycles. The molecule has 0 spiro atoms. The zero-order valence-corrected chi connectivity index (χ0v) is 31.3. The predicted molar refractivity (Wildman–Crippen MR) is 209 cm³/mol. The Hall–Kier alpha value is -5.25. The average molecular weight is 767 g/mol. The minimum atomic E-state index is -0.788. The summed E-state index contributed by atoms with van der Waals surface area (Å²) in [5.74, 6) is 1.43. The number of hydrogen-bond acceptors (Lipinski definition) is 12. The number of oxazole rings is 1. The summed E-state index contributed by atoms with van der Waals surface area (Å²) >= 11 is 0. The Labute approximate surface area is 325 Å². The van der Waals surface area contributed by atoms with Gasteiger partial charge in [-0.25, -0.2) is 9.78 Å². The fourth-order valence-corrected chi connectivity index (χ4v) is 7.45. The number of H-pyrrole nitrogens is 1. The van der Waals surface area contributed by atoms with Crippen LogP contribution >= 0.6 is 0 Å². The summed E-state index contributed by atoms with van der Waals surface area (Å²) in [7, 11) is 0. The van der Waals surface area contributed by atoms with Crippen LogP contribution in [-0.4, -0.2) is 83.3 Å². The summed E-state index contributed by atoms with van der Waals surface area (Å²) < 4.78 is 23.4. The summed E-state index contributed by atoms with van der Waals surface area (Å²) in [5.41, 5.74) is 3.11. The second kappa shape index (κ2) is 19.1. The number of fused-ring (bicyclic) bond motifs is 4. The van der Waals surface area contributed by atoms with Gasteiger partial charge in [0, 0.05) is 24.5 Å². The van der Waals surface area contributed by atoms with Crippen LogP contribution in [0, 0.1) is 5.92 Å². The number of hydrogen-bond donors (Lipinski definition) is 6. The van der Waals surface area contributed by atoms with E-state index in [0.29, 0.717) is 53.0 Å². The molecule has 14 nitrogen and oxygen atoms in total. The molecule has 3 fully saturated rings. The largest absolute Gasteiger partial charge is 0.506 e. The zero-order valence-electron chi connectivity index (χ0n) is 31.3. The number of carbonyl (C=O) groups is 1. The molecule has 3 aromatic carbocycles. The van der Waals surface area contributed by atoms with Gasteiger partial charge >= 0.3 is 6.09 Å². The zero-order chi connectivity index (χ0) is 38.7. The number of ether oxygens (including phenoxy) is 3. The lowest BCUT2D eigenvalue weighted by atomic mass is 9.86. The van der Waals surface area contributed by atoms with E-state index in [-0.39, 0.29) is 30.6 Å². The third-order valence-corrected chi connectivity index (χ3v) is 10.4. The van der Waals surface area contributed by atoms with Gasteiger partial charge in [-0.05, 0) is 98.7 Å². The number of aromatic nitrogens is 2. The standard InChI is InChI=1S/C42H50N6O8/c49-35-13-11-33(34-12-14-38(51)46-41(34)35)36(50)22-43-17-4-5-18-44-27-53-24-31-25-55-39(45-31)26-54-32-10-6-9-30(21-32)40(29-7-2-1-3-8-29)47-42(52)56-37-23-48-19-15-28(37)16-20-48/h1-3,6-14,21,25,28,36-37,40,43-44,49-50H,4-5,15-20,22-24,26-27H2,(H,46,51)(H,47,52)/t36-,37-,40-/m0/s1. The Bertz CT molecular complexity index is 2080. The first kappa shape index (κ1) is 39.0. The van der Waals surface area contributed by atoms with Crippen molar-refractivity contribution >= 4 is 17.0 Å². The highest BCUT2D eigenvalue weighted by Crippen LogP contribution is 2.31. The van der Waals surface area contributed by atoms with Crippen LogP contribution in [0.5, 0.6) is 11.5 Å². The number of amides is 1. The minimum Gasteiger partial charge on any atom is -0.506 e. The highest BCUT2D eigenvalue weighted by Gasteiger charge is 2.37. The Balaban J connectivity index is 0.793. The Morgan fingerprint density at radius 1 is 0.964 bits per heavy atom. The van der Waals surface area contributed by atoms with Crippen LogP contribution in [0.15, 0.2) is 94.3 Å². The van der Waals surface area contributed by atoms with E-state index in [2.05, 4.69) is 30.8 Å². The highest BCUT2D eigenvalue weighted by atomic mass is 16.6. The monoisotopic (exact) mass is 766 g/mol. The second-order valence-corrected chi connectivity index (χ2v) is 14.4. The molecule has 2 bridgehead atoms. The van der Waals surface area contributed by atoms with Gasteiger partial charge in [-0.2, -0.15) is 0 Å². The lowest BCUT2D eigenvalue weighted by Gasteiger charge is -2.43. The van der Waals surface area contributed by atoms with Crippen molar-refractivity contribution < 1.29 is 33.6 Å². The number of aromatic amines is 1. The number of unbranched alkanes of at least 4 members (excludes halogenated alkanes) is 1. The number of nitrogens with one attached hydrogen (secondary N) is 4. The van der Waals surface area contributed by atoms with Gasteiger partial charge in [0.2, 0.25) is 11.4 Å². The molecule has 2 aromatic heterocycles. The minimum absolute atomic E-state index is 0.0319. The van der Waals surface area contributed by atoms with Crippen LogP contribution in [0.3, 0.4) is 0 Å². The predicted octanol–water partition coefficient (Wildman–Crippen LogP) is 4.88. The molecule has 3 aliphatic rings. The van der Waals surface area contributed by atoms with Crippen molar-refractivity contribution in [3.8, 4) is 11.5 Å². The summed E-state index contributed by atoms with van der Waals surface area (Å²) in [6, 6.07) is 23.2. The van der Waals surface area contributed by atoms with Crippen LogP contribution < -0.4 is 26.2 Å². The number of phenols is 1. The number of piperidine rings is 3. The van der Waals surface area contributed by atoms with Gasteiger partial charge in [0.1, 0.15) is 29.6 Å². The highest BCUT2D eigenvalue weighted by molar-refractivity contribution is 5.87. The van der Waals surface area contributed by atoms with Crippen LogP contribution in [0.25, 0.3) is 10.9 Å². The van der Waals surface area contributed by atoms with Crippen LogP contribution in [0.1, 0.15) is 66.1 Å². The molecule has 0 aliphatic carbocycles. The fraction of sp³-hybridized carbons (Fsp3) is 0.405. The lowest BCUT2D eigenvalue weighted by molar-refractivity contribution is -0.0336. The van der Waals surface area contributed by atoms with E-state index in [1.165, 1.54) is 12.1 Å². The van der Waals surface area contributed by atoms with Crippen LogP contribution in [0.2, 0.25) is 0 Å². The number of phenolic OH excluding ortho intramolecular Hbond substituents is 1. The second-order valence-electron chi connectivity index (χ2n) is 14.4. The molecule has 56 heavy (non-hydrogen) atoms. The van der Waals surface area contributed by atoms with E-state index >= 15 is 0 Å². The SMILES string of the molecule is O=C(N[C@@H](c1ccccc1)c1cccc(OCc2nc(COCNCCCCNC[C@H](O)c3ccc(O)c4[nH]c(=O)ccc34)co2)c1)O[C@H]1CN2CCC1CC2. The van der Waals surface area contributed by atoms with Crippen molar-refractivity contribution in [2.75, 3.05) is 46.0 Å². The molecule has 1 amide bonds. The van der Waals surface area contributed by atoms with Gasteiger partial charge in [0.15, 0.2) is 6.61 Å². The summed E-state index contributed by atoms with van der Waals surface area (Å²) in [6.07, 6.45) is 4.22. The van der Waals surface area contributed by atoms with E-state index in [4.69, 9.17) is 18.6 Å². The Morgan fingerprint density at radius 2 is 1.77 bits per heavy atom. The first-order valence-corrected chi connectivity index (χ1v) is 19.3. The van der Waals surface area contributed by atoms with E-state index in [1.807, 2.05) is 54.6 Å². The molecule has 0 unspecified atom stereocenters. The molecule has 5 aromatic rings. The van der Waals surface area contributed by atoms with E-state index in [1.54, 1.807) is 18.4 Å². The molecular formula is C42H50N6O8. The van der Waals surface area contributed by atoms with Gasteiger partial charge in [-0.1, -0.05) is 48.5 Å². The van der Waals surface area contributed by atoms with E-state index < -0.39 is 18.2 Å². The summed E-state index contributed by atoms with van der Waals surface area (Å²) in [4.78, 5) is 34.3. The number of rotatable bonds is 19. The van der Waals surface area contributed by atoms with Crippen molar-refractivity contribution in [1.29, 1.82) is 0 Å². The van der Waals surface area contributed by atoms with Gasteiger partial charge in [0.05, 0.1) is 31.0 Å². The molecule has 3 atom stereocenters. The maximum Gasteiger partial charge on any atom is 0.408 e. The third kappa shape index (κ3) is 10.3. The van der Waals surface area contributed by atoms with Crippen molar-refractivity contribution in [3.63, 3.8) is 0 Å². The molecule has 8 rings (SSSR count). The van der Waals surface area contributed by atoms with Crippen LogP contribution in [0.4, 0.5) is 4.79 Å². The number of aliphatic hydroxyl groups is 1. The molecule has 296 valence electrons. The number of alkyl carbamates (subject to hydrolysis) is 1. The van der Waals surface area contributed by atoms with Crippen LogP contribution in [-0.2, 0) is 22.7 Å². The van der Waals surface area contributed by atoms with Crippen molar-refractivity contribution in [3.05, 3.63) is 124 Å². The molecule has 0 radical (unpaired) electrons. The molecule has 0 saturated carbocycles. The summed E-state index contributed by atoms with van der Waals surface area (Å²) in [6.45, 7) is 5.56. The first-order valence-electron chi connectivity index (χ1n) is 19.3. The van der Waals surface area contributed by atoms with Crippen molar-refractivity contribution in [1.82, 2.24) is 30.8 Å². The normalized spacial score (nSPS) is 18.8. The Morgan fingerprint density at radius 3 is 2.57 bits per heavy atom. The average Bonchev–Trinajstić information content (AvgIpc) is 3.68.